The number of carbonyl (C=O) groups excluding carboxylic acids is 2. The Morgan fingerprint density at radius 1 is 1.14 bits per heavy atom. The summed E-state index contributed by atoms with van der Waals surface area (Å²) in [6, 6.07) is 5.88. The number of aromatic amines is 1. The molecule has 0 spiro atoms. The summed E-state index contributed by atoms with van der Waals surface area (Å²) in [5.41, 5.74) is 2.08. The maximum atomic E-state index is 13.0. The molecule has 1 aromatic carbocycles. The van der Waals surface area contributed by atoms with E-state index in [1.54, 1.807) is 24.3 Å². The first-order valence-corrected chi connectivity index (χ1v) is 12.4. The number of nitrogens with zero attached hydrogens (tertiary/aromatic N) is 2. The van der Waals surface area contributed by atoms with Crippen LogP contribution in [0.1, 0.15) is 43.7 Å². The molecule has 1 aliphatic heterocycles. The molecule has 1 saturated carbocycles. The van der Waals surface area contributed by atoms with Crippen LogP contribution in [0, 0.1) is 0 Å². The summed E-state index contributed by atoms with van der Waals surface area (Å²) in [5, 5.41) is 28.1. The highest BCUT2D eigenvalue weighted by Crippen LogP contribution is 2.26. The van der Waals surface area contributed by atoms with Crippen molar-refractivity contribution in [3.63, 3.8) is 0 Å². The van der Waals surface area contributed by atoms with Crippen molar-refractivity contribution in [2.45, 2.75) is 50.1 Å². The van der Waals surface area contributed by atoms with Crippen LogP contribution in [0.15, 0.2) is 24.3 Å². The van der Waals surface area contributed by atoms with Gasteiger partial charge in [-0.05, 0) is 44.2 Å². The molecule has 188 valence electrons. The number of carbonyl (C=O) groups is 2. The second-order valence-corrected chi connectivity index (χ2v) is 10.6. The highest BCUT2D eigenvalue weighted by molar-refractivity contribution is 7.13. The summed E-state index contributed by atoms with van der Waals surface area (Å²) >= 11 is 7.41. The molecule has 2 amide bonds. The number of amides is 2. The van der Waals surface area contributed by atoms with Gasteiger partial charge in [0.2, 0.25) is 0 Å². The molecule has 2 aliphatic rings. The van der Waals surface area contributed by atoms with E-state index in [4.69, 9.17) is 11.6 Å². The Kier molecular flexibility index (Phi) is 7.70. The molecular formula is C23H27Cl2N5O4S. The molecule has 4 atom stereocenters. The Balaban J connectivity index is 0.00000289. The van der Waals surface area contributed by atoms with Crippen LogP contribution in [0.25, 0.3) is 10.9 Å². The standard InChI is InChI=1S/C23H26ClN5O4S.ClH/c1-29-5-4-14-20(10-29)34-23(28-14)22(33)27-16-9-19(31)18(30)8-15(16)26-21(32)17-7-11-6-12(24)2-3-13(11)25-17;/h2-3,6-7,15-16,18-19,25,30-31H,4-5,8-10H2,1H3,(H,26,32)(H,27,33);1H/t15?,16?,18-,19?;/m0./s1. The van der Waals surface area contributed by atoms with Gasteiger partial charge in [-0.1, -0.05) is 11.6 Å². The van der Waals surface area contributed by atoms with Gasteiger partial charge in [0, 0.05) is 40.3 Å². The number of H-pyrrole nitrogens is 1. The first kappa shape index (κ1) is 25.9. The van der Waals surface area contributed by atoms with Crippen molar-refractivity contribution in [3.8, 4) is 0 Å². The summed E-state index contributed by atoms with van der Waals surface area (Å²) in [7, 11) is 2.03. The van der Waals surface area contributed by atoms with E-state index in [2.05, 4.69) is 25.5 Å². The van der Waals surface area contributed by atoms with Crippen LogP contribution in [0.5, 0.6) is 0 Å². The molecule has 0 bridgehead atoms. The maximum Gasteiger partial charge on any atom is 0.280 e. The number of fused-ring (bicyclic) bond motifs is 2. The van der Waals surface area contributed by atoms with Crippen molar-refractivity contribution >= 4 is 58.1 Å². The number of hydrogen-bond donors (Lipinski definition) is 5. The average molecular weight is 540 g/mol. The lowest BCUT2D eigenvalue weighted by molar-refractivity contribution is -0.0275. The number of nitrogens with one attached hydrogen (secondary N) is 3. The van der Waals surface area contributed by atoms with Crippen molar-refractivity contribution in [1.82, 2.24) is 25.5 Å². The van der Waals surface area contributed by atoms with E-state index >= 15 is 0 Å². The van der Waals surface area contributed by atoms with Gasteiger partial charge >= 0.3 is 0 Å². The van der Waals surface area contributed by atoms with Crippen molar-refractivity contribution in [3.05, 3.63) is 50.6 Å². The van der Waals surface area contributed by atoms with Crippen molar-refractivity contribution in [2.75, 3.05) is 13.6 Å². The van der Waals surface area contributed by atoms with Gasteiger partial charge in [0.05, 0.1) is 30.0 Å². The summed E-state index contributed by atoms with van der Waals surface area (Å²) in [5.74, 6) is -0.706. The first-order chi connectivity index (χ1) is 16.3. The second-order valence-electron chi connectivity index (χ2n) is 9.06. The van der Waals surface area contributed by atoms with Crippen molar-refractivity contribution in [1.29, 1.82) is 0 Å². The van der Waals surface area contributed by atoms with E-state index in [1.165, 1.54) is 11.3 Å². The summed E-state index contributed by atoms with van der Waals surface area (Å²) in [6.07, 6.45) is -0.954. The predicted molar refractivity (Wildman–Crippen MR) is 136 cm³/mol. The predicted octanol–water partition coefficient (Wildman–Crippen LogP) is 2.10. The molecule has 3 heterocycles. The van der Waals surface area contributed by atoms with Crippen LogP contribution in [-0.2, 0) is 13.0 Å². The topological polar surface area (TPSA) is 131 Å². The number of halogens is 2. The molecule has 1 aliphatic carbocycles. The molecule has 9 nitrogen and oxygen atoms in total. The number of aromatic nitrogens is 2. The van der Waals surface area contributed by atoms with Gasteiger partial charge in [-0.25, -0.2) is 4.98 Å². The van der Waals surface area contributed by atoms with Gasteiger partial charge < -0.3 is 30.7 Å². The average Bonchev–Trinajstić information content (AvgIpc) is 3.40. The fraction of sp³-hybridized carbons (Fsp3) is 0.435. The van der Waals surface area contributed by atoms with Gasteiger partial charge in [0.1, 0.15) is 5.69 Å². The normalized spacial score (nSPS) is 24.5. The Hall–Kier alpha value is -2.21. The zero-order valence-electron chi connectivity index (χ0n) is 19.0. The summed E-state index contributed by atoms with van der Waals surface area (Å²) in [4.78, 5) is 36.8. The number of aliphatic hydroxyl groups is 2. The van der Waals surface area contributed by atoms with Crippen LogP contribution >= 0.6 is 35.3 Å². The van der Waals surface area contributed by atoms with Crippen LogP contribution in [0.3, 0.4) is 0 Å². The van der Waals surface area contributed by atoms with E-state index in [0.29, 0.717) is 15.7 Å². The zero-order valence-corrected chi connectivity index (χ0v) is 21.3. The minimum Gasteiger partial charge on any atom is -0.390 e. The Morgan fingerprint density at radius 2 is 1.83 bits per heavy atom. The molecular weight excluding hydrogens is 513 g/mol. The number of likely N-dealkylation sites (N-methyl/N-ethyl adjacent to an activating group) is 1. The minimum absolute atomic E-state index is 0. The second kappa shape index (κ2) is 10.4. The monoisotopic (exact) mass is 539 g/mol. The Labute approximate surface area is 217 Å². The van der Waals surface area contributed by atoms with E-state index < -0.39 is 24.3 Å². The molecule has 12 heteroatoms. The number of hydrogen-bond acceptors (Lipinski definition) is 7. The Morgan fingerprint density at radius 3 is 2.54 bits per heavy atom. The molecule has 3 unspecified atom stereocenters. The van der Waals surface area contributed by atoms with Gasteiger partial charge in [0.25, 0.3) is 11.8 Å². The molecule has 3 aromatic rings. The lowest BCUT2D eigenvalue weighted by Crippen LogP contribution is -2.59. The third-order valence-electron chi connectivity index (χ3n) is 6.50. The largest absolute Gasteiger partial charge is 0.390 e. The molecule has 0 saturated heterocycles. The summed E-state index contributed by atoms with van der Waals surface area (Å²) in [6.45, 7) is 1.67. The number of rotatable bonds is 4. The van der Waals surface area contributed by atoms with E-state index in [0.717, 1.165) is 41.0 Å². The van der Waals surface area contributed by atoms with E-state index in [-0.39, 0.29) is 37.1 Å². The lowest BCUT2D eigenvalue weighted by atomic mass is 9.86. The fourth-order valence-corrected chi connectivity index (χ4v) is 5.88. The van der Waals surface area contributed by atoms with Crippen LogP contribution in [0.4, 0.5) is 0 Å². The van der Waals surface area contributed by atoms with Crippen LogP contribution in [0.2, 0.25) is 5.02 Å². The zero-order chi connectivity index (χ0) is 24.0. The molecule has 2 aromatic heterocycles. The summed E-state index contributed by atoms with van der Waals surface area (Å²) < 4.78 is 0. The number of thiazole rings is 1. The van der Waals surface area contributed by atoms with Gasteiger partial charge in [-0.2, -0.15) is 0 Å². The molecule has 1 fully saturated rings. The van der Waals surface area contributed by atoms with Gasteiger partial charge in [0.15, 0.2) is 5.01 Å². The van der Waals surface area contributed by atoms with Crippen molar-refractivity contribution < 1.29 is 19.8 Å². The highest BCUT2D eigenvalue weighted by Gasteiger charge is 2.38. The third kappa shape index (κ3) is 5.47. The van der Waals surface area contributed by atoms with Crippen LogP contribution < -0.4 is 10.6 Å². The smallest absolute Gasteiger partial charge is 0.280 e. The number of aliphatic hydroxyl groups excluding tert-OH is 2. The van der Waals surface area contributed by atoms with E-state index in [1.807, 2.05) is 7.05 Å². The molecule has 35 heavy (non-hydrogen) atoms. The molecule has 0 radical (unpaired) electrons. The van der Waals surface area contributed by atoms with Gasteiger partial charge in [-0.15, -0.1) is 23.7 Å². The molecule has 5 rings (SSSR count). The van der Waals surface area contributed by atoms with E-state index in [9.17, 15) is 19.8 Å². The highest BCUT2D eigenvalue weighted by atomic mass is 35.5. The Bertz CT molecular complexity index is 1250. The first-order valence-electron chi connectivity index (χ1n) is 11.2. The van der Waals surface area contributed by atoms with Crippen LogP contribution in [-0.4, -0.2) is 74.8 Å². The molecule has 5 N–H and O–H groups in total. The van der Waals surface area contributed by atoms with Gasteiger partial charge in [-0.3, -0.25) is 9.59 Å². The SMILES string of the molecule is CN1CCc2nc(C(=O)NC3CC(O)[C@@H](O)CC3NC(=O)c3cc4cc(Cl)ccc4[nH]3)sc2C1.Cl. The quantitative estimate of drug-likeness (QED) is 0.345. The fourth-order valence-electron chi connectivity index (χ4n) is 4.60. The van der Waals surface area contributed by atoms with Crippen molar-refractivity contribution in [2.24, 2.45) is 0 Å². The minimum atomic E-state index is -0.998. The number of benzene rings is 1. The maximum absolute atomic E-state index is 13.0. The third-order valence-corrected chi connectivity index (χ3v) is 7.81. The lowest BCUT2D eigenvalue weighted by Gasteiger charge is -2.37.